The lowest BCUT2D eigenvalue weighted by Gasteiger charge is -2.32. The highest BCUT2D eigenvalue weighted by Gasteiger charge is 2.37. The Labute approximate surface area is 260 Å². The van der Waals surface area contributed by atoms with E-state index in [0.717, 1.165) is 15.6 Å². The van der Waals surface area contributed by atoms with Gasteiger partial charge in [0.2, 0.25) is 0 Å². The number of rotatable bonds is 12. The molecule has 2 heterocycles. The summed E-state index contributed by atoms with van der Waals surface area (Å²) in [7, 11) is -1.96. The van der Waals surface area contributed by atoms with E-state index in [9.17, 15) is 31.1 Å². The molecule has 0 aliphatic carbocycles. The van der Waals surface area contributed by atoms with Crippen LogP contribution < -0.4 is 5.69 Å². The topological polar surface area (TPSA) is 90.8 Å². The van der Waals surface area contributed by atoms with Crippen LogP contribution >= 0.6 is 8.53 Å². The van der Waals surface area contributed by atoms with Gasteiger partial charge in [-0.3, -0.25) is 9.88 Å². The summed E-state index contributed by atoms with van der Waals surface area (Å²) in [6.45, 7) is 0.638. The largest absolute Gasteiger partial charge is 0.416 e. The molecule has 0 radical (unpaired) electrons. The lowest BCUT2D eigenvalue weighted by molar-refractivity contribution is -0.187. The first kappa shape index (κ1) is 33.8. The molecule has 0 amide bonds. The zero-order valence-electron chi connectivity index (χ0n) is 24.1. The second kappa shape index (κ2) is 14.9. The lowest BCUT2D eigenvalue weighted by atomic mass is 10.1. The summed E-state index contributed by atoms with van der Waals surface area (Å²) in [5, 5.41) is 4.40. The molecule has 0 saturated carbocycles. The summed E-state index contributed by atoms with van der Waals surface area (Å²) in [4.78, 5) is 17.5. The summed E-state index contributed by atoms with van der Waals surface area (Å²) in [6, 6.07) is 20.0. The minimum atomic E-state index is -4.96. The number of halogens is 6. The van der Waals surface area contributed by atoms with Crippen LogP contribution in [0.3, 0.4) is 0 Å². The molecule has 16 heteroatoms. The number of hydrogen-bond donors (Lipinski definition) is 1. The van der Waals surface area contributed by atoms with Crippen molar-refractivity contribution in [2.24, 2.45) is 0 Å². The molecule has 1 fully saturated rings. The number of H-pyrrole nitrogens is 1. The molecule has 246 valence electrons. The van der Waals surface area contributed by atoms with Crippen molar-refractivity contribution in [3.8, 4) is 0 Å². The van der Waals surface area contributed by atoms with Gasteiger partial charge in [0, 0.05) is 6.54 Å². The Hall–Kier alpha value is -3.59. The van der Waals surface area contributed by atoms with Gasteiger partial charge in [0.25, 0.3) is 0 Å². The van der Waals surface area contributed by atoms with Gasteiger partial charge in [0.15, 0.2) is 6.29 Å². The Balaban J connectivity index is 1.23. The van der Waals surface area contributed by atoms with Crippen LogP contribution in [0, 0.1) is 0 Å². The predicted octanol–water partition coefficient (Wildman–Crippen LogP) is 6.49. The van der Waals surface area contributed by atoms with Crippen molar-refractivity contribution in [3.05, 3.63) is 123 Å². The van der Waals surface area contributed by atoms with Gasteiger partial charge in [-0.05, 0) is 34.9 Å². The second-order valence-electron chi connectivity index (χ2n) is 10.3. The van der Waals surface area contributed by atoms with Crippen LogP contribution in [0.15, 0.2) is 83.7 Å². The first-order valence-corrected chi connectivity index (χ1v) is 15.1. The third-order valence-corrected chi connectivity index (χ3v) is 8.03. The maximum absolute atomic E-state index is 13.2. The van der Waals surface area contributed by atoms with Crippen molar-refractivity contribution in [3.63, 3.8) is 0 Å². The fraction of sp³-hybridized carbons (Fsp3) is 0.333. The van der Waals surface area contributed by atoms with Crippen LogP contribution in [0.25, 0.3) is 0 Å². The minimum absolute atomic E-state index is 0.0631. The summed E-state index contributed by atoms with van der Waals surface area (Å²) < 4.78 is 104. The average Bonchev–Trinajstić information content (AvgIpc) is 3.39. The van der Waals surface area contributed by atoms with E-state index in [2.05, 4.69) is 10.1 Å². The standard InChI is InChI=1S/C30H29F6N4O5P/c31-29(32,33)24-13-23(14-25(15-24)30(34,35)36)18-43-27-17-39(11-12-42-27)16-26-37-28(41)40(38-26)46(44-19-21-7-3-1-4-8-21)45-20-22-9-5-2-6-10-22/h1-10,13-15,27H,11-12,16-20H2,(H,37,38,41)/t27-/m1/s1. The fourth-order valence-electron chi connectivity index (χ4n) is 4.51. The van der Waals surface area contributed by atoms with Gasteiger partial charge in [-0.25, -0.2) is 4.79 Å². The number of ether oxygens (including phenoxy) is 2. The van der Waals surface area contributed by atoms with Gasteiger partial charge in [0.05, 0.1) is 50.6 Å². The number of hydrogen-bond acceptors (Lipinski definition) is 7. The Morgan fingerprint density at radius 1 is 0.826 bits per heavy atom. The SMILES string of the molecule is O=c1[nH]c(CN2CCO[C@H](OCc3cc(C(F)(F)F)cc(C(F)(F)F)c3)C2)nn1P(OCc1ccccc1)OCc1ccccc1. The zero-order chi connectivity index (χ0) is 32.7. The summed E-state index contributed by atoms with van der Waals surface area (Å²) in [5.41, 5.74) is -1.94. The highest BCUT2D eigenvalue weighted by molar-refractivity contribution is 7.45. The molecule has 1 atom stereocenters. The fourth-order valence-corrected chi connectivity index (χ4v) is 5.70. The van der Waals surface area contributed by atoms with E-state index in [1.165, 1.54) is 0 Å². The Bertz CT molecular complexity index is 1540. The first-order chi connectivity index (χ1) is 21.9. The predicted molar refractivity (Wildman–Crippen MR) is 154 cm³/mol. The van der Waals surface area contributed by atoms with Gasteiger partial charge in [-0.1, -0.05) is 60.7 Å². The molecule has 1 N–H and O–H groups in total. The second-order valence-corrected chi connectivity index (χ2v) is 11.7. The maximum Gasteiger partial charge on any atom is 0.416 e. The molecule has 1 aliphatic rings. The van der Waals surface area contributed by atoms with Gasteiger partial charge in [0.1, 0.15) is 5.82 Å². The molecule has 0 unspecified atom stereocenters. The van der Waals surface area contributed by atoms with Crippen LogP contribution in [-0.2, 0) is 57.2 Å². The molecule has 9 nitrogen and oxygen atoms in total. The van der Waals surface area contributed by atoms with Gasteiger partial charge >= 0.3 is 26.6 Å². The maximum atomic E-state index is 13.2. The van der Waals surface area contributed by atoms with Crippen molar-refractivity contribution in [1.82, 2.24) is 19.4 Å². The molecular weight excluding hydrogens is 641 g/mol. The molecule has 5 rings (SSSR count). The number of morpholine rings is 1. The van der Waals surface area contributed by atoms with Gasteiger partial charge < -0.3 is 18.5 Å². The molecule has 0 spiro atoms. The molecule has 1 aromatic heterocycles. The Morgan fingerprint density at radius 3 is 1.93 bits per heavy atom. The average molecular weight is 671 g/mol. The number of alkyl halides is 6. The van der Waals surface area contributed by atoms with Crippen molar-refractivity contribution in [2.75, 3.05) is 19.7 Å². The first-order valence-electron chi connectivity index (χ1n) is 14.0. The number of aromatic nitrogens is 3. The molecule has 0 bridgehead atoms. The van der Waals surface area contributed by atoms with E-state index in [1.54, 1.807) is 0 Å². The van der Waals surface area contributed by atoms with Crippen molar-refractivity contribution < 1.29 is 44.9 Å². The third-order valence-electron chi connectivity index (χ3n) is 6.75. The Morgan fingerprint density at radius 2 is 1.39 bits per heavy atom. The van der Waals surface area contributed by atoms with Crippen molar-refractivity contribution >= 4 is 8.53 Å². The summed E-state index contributed by atoms with van der Waals surface area (Å²) in [5.74, 6) is 0.289. The summed E-state index contributed by atoms with van der Waals surface area (Å²) >= 11 is 0. The molecular formula is C30H29F6N4O5P. The van der Waals surface area contributed by atoms with Crippen molar-refractivity contribution in [2.45, 2.75) is 45.0 Å². The monoisotopic (exact) mass is 670 g/mol. The molecule has 1 saturated heterocycles. The van der Waals surface area contributed by atoms with E-state index >= 15 is 0 Å². The van der Waals surface area contributed by atoms with E-state index in [4.69, 9.17) is 18.5 Å². The van der Waals surface area contributed by atoms with E-state index < -0.39 is 50.6 Å². The highest BCUT2D eigenvalue weighted by Crippen LogP contribution is 2.40. The van der Waals surface area contributed by atoms with Crippen molar-refractivity contribution in [1.29, 1.82) is 0 Å². The zero-order valence-corrected chi connectivity index (χ0v) is 25.0. The van der Waals surface area contributed by atoms with Crippen LogP contribution in [-0.4, -0.2) is 45.4 Å². The molecule has 3 aromatic carbocycles. The summed E-state index contributed by atoms with van der Waals surface area (Å²) in [6.07, 6.45) is -10.9. The molecule has 46 heavy (non-hydrogen) atoms. The van der Waals surface area contributed by atoms with Crippen LogP contribution in [0.4, 0.5) is 26.3 Å². The van der Waals surface area contributed by atoms with E-state index in [-0.39, 0.29) is 50.4 Å². The van der Waals surface area contributed by atoms with Gasteiger partial charge in [-0.15, -0.1) is 9.55 Å². The Kier molecular flexibility index (Phi) is 10.9. The number of aromatic amines is 1. The normalized spacial score (nSPS) is 16.3. The van der Waals surface area contributed by atoms with E-state index in [0.29, 0.717) is 18.7 Å². The number of nitrogens with one attached hydrogen (secondary N) is 1. The van der Waals surface area contributed by atoms with Crippen LogP contribution in [0.1, 0.15) is 33.6 Å². The molecule has 4 aromatic rings. The lowest BCUT2D eigenvalue weighted by Crippen LogP contribution is -2.43. The number of nitrogens with zero attached hydrogens (tertiary/aromatic N) is 3. The number of benzene rings is 3. The smallest absolute Gasteiger partial charge is 0.350 e. The van der Waals surface area contributed by atoms with Gasteiger partial charge in [-0.2, -0.15) is 26.3 Å². The highest BCUT2D eigenvalue weighted by atomic mass is 31.2. The van der Waals surface area contributed by atoms with Crippen LogP contribution in [0.5, 0.6) is 0 Å². The quantitative estimate of drug-likeness (QED) is 0.136. The minimum Gasteiger partial charge on any atom is -0.350 e. The van der Waals surface area contributed by atoms with Crippen LogP contribution in [0.2, 0.25) is 0 Å². The molecule has 1 aliphatic heterocycles. The third kappa shape index (κ3) is 9.47. The van der Waals surface area contributed by atoms with E-state index in [1.807, 2.05) is 65.6 Å².